The van der Waals surface area contributed by atoms with E-state index in [1.807, 2.05) is 109 Å². The fourth-order valence-corrected chi connectivity index (χ4v) is 7.89. The summed E-state index contributed by atoms with van der Waals surface area (Å²) < 4.78 is 45.8. The fraction of sp³-hybridized carbons (Fsp3) is 0.273. The standard InChI is InChI=1S/C66H69N3O15/c1-41(2)59(71)78-35-65(36-79-60(72)42(3)4,37-80-61(73)43(5)6)33-77-34-66(38-81-62(74)44(7)8,39-82-63(75)45(9)10)40-83-64(76)46(11)84-53-30-31-54(55(70)32-53)58-68-56(51-26-22-49(23-27-51)47-18-14-12-15-19-47)67-57(69-58)52-28-24-50(25-29-52)48-20-16-13-17-21-48/h12-32,46,56,70H,1,3,5,7,9,33-40H2,2,4,6,8,10-11H3,(H,67,68,69). The van der Waals surface area contributed by atoms with Crippen LogP contribution in [0, 0.1) is 10.8 Å². The Balaban J connectivity index is 1.26. The number of phenols is 1. The van der Waals surface area contributed by atoms with Gasteiger partial charge in [0, 0.05) is 39.5 Å². The molecule has 18 heteroatoms. The maximum Gasteiger partial charge on any atom is 0.347 e. The number of hydrogen-bond donors (Lipinski definition) is 2. The van der Waals surface area contributed by atoms with Crippen LogP contribution in [-0.4, -0.2) is 112 Å². The lowest BCUT2D eigenvalue weighted by atomic mass is 9.90. The van der Waals surface area contributed by atoms with Crippen LogP contribution in [0.2, 0.25) is 0 Å². The maximum absolute atomic E-state index is 14.0. The first-order valence-electron chi connectivity index (χ1n) is 26.6. The Labute approximate surface area is 488 Å². The molecule has 438 valence electrons. The Kier molecular flexibility index (Phi) is 22.2. The van der Waals surface area contributed by atoms with Gasteiger partial charge in [0.1, 0.15) is 63.1 Å². The number of carbonyl (C=O) groups is 6. The minimum absolute atomic E-state index is 0.0102. The van der Waals surface area contributed by atoms with Gasteiger partial charge in [-0.3, -0.25) is 0 Å². The van der Waals surface area contributed by atoms with Gasteiger partial charge in [0.2, 0.25) is 0 Å². The van der Waals surface area contributed by atoms with Gasteiger partial charge in [-0.25, -0.2) is 38.8 Å². The predicted octanol–water partition coefficient (Wildman–Crippen LogP) is 10.1. The van der Waals surface area contributed by atoms with Crippen LogP contribution in [0.4, 0.5) is 0 Å². The van der Waals surface area contributed by atoms with Crippen molar-refractivity contribution in [3.8, 4) is 33.8 Å². The van der Waals surface area contributed by atoms with Gasteiger partial charge in [-0.05, 0) is 81.5 Å². The zero-order valence-electron chi connectivity index (χ0n) is 48.0. The van der Waals surface area contributed by atoms with Crippen LogP contribution in [0.25, 0.3) is 22.3 Å². The van der Waals surface area contributed by atoms with Crippen LogP contribution in [0.3, 0.4) is 0 Å². The monoisotopic (exact) mass is 1140 g/mol. The van der Waals surface area contributed by atoms with E-state index in [1.165, 1.54) is 53.7 Å². The SMILES string of the molecule is C=C(C)C(=O)OCC(COCC(COC(=O)C(=C)C)(COC(=O)C(=C)C)COC(=O)C(C)Oc1ccc(C2=NC(c3ccc(-c4ccccc4)cc3)NC(c3ccc(-c4ccccc4)cc3)=N2)c(O)c1)(COC(=O)C(=C)C)COC(=O)C(=C)C. The van der Waals surface area contributed by atoms with Gasteiger partial charge in [-0.1, -0.05) is 142 Å². The lowest BCUT2D eigenvalue weighted by molar-refractivity contribution is -0.173. The van der Waals surface area contributed by atoms with Crippen molar-refractivity contribution in [2.75, 3.05) is 52.9 Å². The topological polar surface area (TPSA) is 233 Å². The van der Waals surface area contributed by atoms with E-state index in [1.54, 1.807) is 6.07 Å². The molecule has 0 amide bonds. The highest BCUT2D eigenvalue weighted by Gasteiger charge is 2.42. The summed E-state index contributed by atoms with van der Waals surface area (Å²) in [5.74, 6) is -4.59. The zero-order chi connectivity index (χ0) is 61.1. The maximum atomic E-state index is 14.0. The van der Waals surface area contributed by atoms with Crippen LogP contribution in [0.1, 0.15) is 64.4 Å². The molecule has 0 bridgehead atoms. The van der Waals surface area contributed by atoms with E-state index >= 15 is 0 Å². The van der Waals surface area contributed by atoms with E-state index in [0.717, 1.165) is 33.4 Å². The van der Waals surface area contributed by atoms with Crippen molar-refractivity contribution in [1.29, 1.82) is 0 Å². The smallest absolute Gasteiger partial charge is 0.347 e. The van der Waals surface area contributed by atoms with Crippen LogP contribution in [0.15, 0.2) is 198 Å². The van der Waals surface area contributed by atoms with Crippen molar-refractivity contribution in [1.82, 2.24) is 5.32 Å². The van der Waals surface area contributed by atoms with Gasteiger partial charge in [0.05, 0.1) is 29.6 Å². The Morgan fingerprint density at radius 1 is 0.500 bits per heavy atom. The largest absolute Gasteiger partial charge is 0.507 e. The average molecular weight is 1140 g/mol. The van der Waals surface area contributed by atoms with E-state index in [9.17, 15) is 33.9 Å². The third-order valence-corrected chi connectivity index (χ3v) is 12.8. The van der Waals surface area contributed by atoms with E-state index in [0.29, 0.717) is 5.84 Å². The summed E-state index contributed by atoms with van der Waals surface area (Å²) >= 11 is 0. The molecule has 2 N–H and O–H groups in total. The molecule has 0 aromatic heterocycles. The minimum Gasteiger partial charge on any atom is -0.507 e. The Hall–Kier alpha value is -9.68. The number of rotatable bonds is 29. The van der Waals surface area contributed by atoms with Crippen molar-refractivity contribution in [3.63, 3.8) is 0 Å². The van der Waals surface area contributed by atoms with Gasteiger partial charge in [0.15, 0.2) is 11.9 Å². The van der Waals surface area contributed by atoms with Crippen molar-refractivity contribution >= 4 is 47.5 Å². The second-order valence-corrected chi connectivity index (χ2v) is 20.7. The molecule has 5 aromatic rings. The quantitative estimate of drug-likeness (QED) is 0.0257. The number of phenolic OH excluding ortho intramolecular Hbond substituents is 1. The van der Waals surface area contributed by atoms with Crippen LogP contribution in [-0.2, 0) is 61.9 Å². The van der Waals surface area contributed by atoms with E-state index in [-0.39, 0.29) is 50.8 Å². The summed E-state index contributed by atoms with van der Waals surface area (Å²) in [5.41, 5.74) is 2.80. The van der Waals surface area contributed by atoms with Crippen molar-refractivity contribution in [3.05, 3.63) is 205 Å². The number of aromatic hydroxyl groups is 1. The molecule has 6 rings (SSSR count). The second kappa shape index (κ2) is 29.3. The number of ether oxygens (including phenoxy) is 8. The summed E-state index contributed by atoms with van der Waals surface area (Å²) in [7, 11) is 0. The minimum atomic E-state index is -1.71. The first-order chi connectivity index (χ1) is 40.0. The third kappa shape index (κ3) is 17.9. The molecule has 1 heterocycles. The summed E-state index contributed by atoms with van der Waals surface area (Å²) in [4.78, 5) is 87.9. The Morgan fingerprint density at radius 3 is 1.26 bits per heavy atom. The predicted molar refractivity (Wildman–Crippen MR) is 316 cm³/mol. The number of amidine groups is 2. The molecule has 0 spiro atoms. The molecule has 84 heavy (non-hydrogen) atoms. The van der Waals surface area contributed by atoms with Gasteiger partial charge in [-0.15, -0.1) is 0 Å². The number of nitrogens with zero attached hydrogens (tertiary/aromatic N) is 2. The fourth-order valence-electron chi connectivity index (χ4n) is 7.89. The molecule has 0 aliphatic carbocycles. The molecule has 1 aliphatic rings. The van der Waals surface area contributed by atoms with Crippen LogP contribution < -0.4 is 10.1 Å². The van der Waals surface area contributed by atoms with Crippen molar-refractivity contribution < 1.29 is 71.8 Å². The van der Waals surface area contributed by atoms with Crippen molar-refractivity contribution in [2.45, 2.75) is 53.8 Å². The third-order valence-electron chi connectivity index (χ3n) is 12.8. The van der Waals surface area contributed by atoms with Gasteiger partial charge < -0.3 is 48.3 Å². The van der Waals surface area contributed by atoms with Gasteiger partial charge in [0.25, 0.3) is 0 Å². The molecule has 5 aromatic carbocycles. The lowest BCUT2D eigenvalue weighted by Crippen LogP contribution is -2.47. The summed E-state index contributed by atoms with van der Waals surface area (Å²) in [6, 6.07) is 40.3. The van der Waals surface area contributed by atoms with Crippen molar-refractivity contribution in [2.24, 2.45) is 20.8 Å². The number of aliphatic imine (C=N–C) groups is 2. The summed E-state index contributed by atoms with van der Waals surface area (Å²) in [6.07, 6.45) is -1.97. The molecular weight excluding hydrogens is 1070 g/mol. The number of esters is 6. The number of nitrogens with one attached hydrogen (secondary N) is 1. The Bertz CT molecular complexity index is 3240. The van der Waals surface area contributed by atoms with E-state index in [4.69, 9.17) is 47.9 Å². The highest BCUT2D eigenvalue weighted by Crippen LogP contribution is 2.32. The molecule has 2 unspecified atom stereocenters. The summed E-state index contributed by atoms with van der Waals surface area (Å²) in [6.45, 7) is 22.0. The highest BCUT2D eigenvalue weighted by molar-refractivity contribution is 6.14. The average Bonchev–Trinajstić information content (AvgIpc) is 3.20. The van der Waals surface area contributed by atoms with E-state index < -0.39 is 112 Å². The van der Waals surface area contributed by atoms with Gasteiger partial charge in [-0.2, -0.15) is 0 Å². The molecule has 0 radical (unpaired) electrons. The normalized spacial score (nSPS) is 13.2. The van der Waals surface area contributed by atoms with Crippen LogP contribution >= 0.6 is 0 Å². The molecular formula is C66H69N3O15. The molecule has 0 saturated carbocycles. The lowest BCUT2D eigenvalue weighted by Gasteiger charge is -2.35. The first kappa shape index (κ1) is 63.5. The van der Waals surface area contributed by atoms with Gasteiger partial charge >= 0.3 is 35.8 Å². The van der Waals surface area contributed by atoms with E-state index in [2.05, 4.69) is 38.2 Å². The second-order valence-electron chi connectivity index (χ2n) is 20.7. The highest BCUT2D eigenvalue weighted by atomic mass is 16.6. The molecule has 18 nitrogen and oxygen atoms in total. The summed E-state index contributed by atoms with van der Waals surface area (Å²) in [5, 5.41) is 15.1. The molecule has 2 atom stereocenters. The number of carbonyl (C=O) groups excluding carboxylic acids is 6. The molecule has 0 saturated heterocycles. The molecule has 1 aliphatic heterocycles. The Morgan fingerprint density at radius 2 is 0.869 bits per heavy atom. The number of benzene rings is 5. The first-order valence-corrected chi connectivity index (χ1v) is 26.6. The zero-order valence-corrected chi connectivity index (χ0v) is 48.0. The van der Waals surface area contributed by atoms with Crippen LogP contribution in [0.5, 0.6) is 11.5 Å². The molecule has 0 fully saturated rings. The number of hydrogen-bond acceptors (Lipinski definition) is 18.